The van der Waals surface area contributed by atoms with E-state index in [9.17, 15) is 0 Å². The van der Waals surface area contributed by atoms with Crippen molar-refractivity contribution >= 4 is 58.9 Å². The molecule has 16 heteroatoms. The Kier molecular flexibility index (Phi) is 21.0. The Balaban J connectivity index is 0.000000260. The molecule has 2 aliphatic rings. The van der Waals surface area contributed by atoms with Gasteiger partial charge in [0.1, 0.15) is 11.6 Å². The average Bonchev–Trinajstić information content (AvgIpc) is 4.16. The Labute approximate surface area is 343 Å². The lowest BCUT2D eigenvalue weighted by Gasteiger charge is -2.17. The Morgan fingerprint density at radius 2 is 1.20 bits per heavy atom. The van der Waals surface area contributed by atoms with E-state index in [0.717, 1.165) is 65.7 Å². The first kappa shape index (κ1) is 45.9. The van der Waals surface area contributed by atoms with E-state index in [-0.39, 0.29) is 12.4 Å². The van der Waals surface area contributed by atoms with E-state index < -0.39 is 0 Å². The zero-order valence-corrected chi connectivity index (χ0v) is 35.1. The van der Waals surface area contributed by atoms with E-state index in [4.69, 9.17) is 30.5 Å². The number of halogens is 2. The van der Waals surface area contributed by atoms with Crippen molar-refractivity contribution in [3.05, 3.63) is 60.9 Å². The number of ether oxygens (including phenoxy) is 4. The van der Waals surface area contributed by atoms with Crippen LogP contribution in [0.25, 0.3) is 0 Å². The van der Waals surface area contributed by atoms with E-state index in [1.807, 2.05) is 63.6 Å². The molecule has 2 heterocycles. The molecule has 14 nitrogen and oxygen atoms in total. The maximum Gasteiger partial charge on any atom is 0.229 e. The summed E-state index contributed by atoms with van der Waals surface area (Å²) in [6.45, 7) is 4.67. The molecule has 0 aliphatic heterocycles. The van der Waals surface area contributed by atoms with Crippen molar-refractivity contribution < 1.29 is 18.9 Å². The lowest BCUT2D eigenvalue weighted by molar-refractivity contribution is 0.250. The molecule has 308 valence electrons. The topological polar surface area (TPSA) is 152 Å². The van der Waals surface area contributed by atoms with Gasteiger partial charge in [0.2, 0.25) is 11.9 Å². The van der Waals surface area contributed by atoms with Gasteiger partial charge >= 0.3 is 0 Å². The zero-order valence-electron chi connectivity index (χ0n) is 33.6. The van der Waals surface area contributed by atoms with Crippen LogP contribution in [0, 0.1) is 11.8 Å². The Hall–Kier alpha value is -4.50. The maximum atomic E-state index is 5.98. The van der Waals surface area contributed by atoms with Crippen molar-refractivity contribution in [1.82, 2.24) is 30.2 Å². The molecule has 0 radical (unpaired) electrons. The first-order valence-corrected chi connectivity index (χ1v) is 19.5. The summed E-state index contributed by atoms with van der Waals surface area (Å²) in [4.78, 5) is 19.5. The molecule has 2 aromatic heterocycles. The van der Waals surface area contributed by atoms with Crippen LogP contribution in [-0.4, -0.2) is 106 Å². The van der Waals surface area contributed by atoms with Crippen molar-refractivity contribution in [3.63, 3.8) is 0 Å². The number of methoxy groups -OCH3 is 2. The Bertz CT molecular complexity index is 1700. The van der Waals surface area contributed by atoms with Crippen molar-refractivity contribution in [3.8, 4) is 23.0 Å². The molecular formula is C40H60Cl2N10O4. The molecule has 56 heavy (non-hydrogen) atoms. The standard InChI is InChI=1S/C20H29N5O2.C15H19ClN4O2.C5H11N.ClH/c1-21-19-9-10-22-20(24-19)23-16-7-8-17(26-3)18(13-16)27-12-4-11-25(2)14-15-5-6-15;1-17-14-6-8-18-15(20-14)19-11-4-5-12(21-2)13(10-11)22-9-3-7-16;1-6-4-5-2-3-5;/h7-10,13,15H,4-6,11-12,14H2,1-3H3,(H2,21,22,23,24);4-6,8,10H,3,7,9H2,1-2H3,(H2,17,18,19,20);5-6H,2-4H2,1H3;1H. The lowest BCUT2D eigenvalue weighted by atomic mass is 10.2. The van der Waals surface area contributed by atoms with Gasteiger partial charge in [-0.05, 0) is 107 Å². The number of nitrogens with one attached hydrogen (secondary N) is 5. The largest absolute Gasteiger partial charge is 0.493 e. The number of hydrogen-bond acceptors (Lipinski definition) is 14. The summed E-state index contributed by atoms with van der Waals surface area (Å²) >= 11 is 5.66. The van der Waals surface area contributed by atoms with Crippen LogP contribution in [0.2, 0.25) is 0 Å². The first-order valence-electron chi connectivity index (χ1n) is 18.9. The highest BCUT2D eigenvalue weighted by Gasteiger charge is 2.22. The highest BCUT2D eigenvalue weighted by Crippen LogP contribution is 2.33. The van der Waals surface area contributed by atoms with Crippen LogP contribution in [0.5, 0.6) is 23.0 Å². The van der Waals surface area contributed by atoms with Crippen LogP contribution in [0.3, 0.4) is 0 Å². The molecule has 0 spiro atoms. The van der Waals surface area contributed by atoms with Gasteiger partial charge in [0.25, 0.3) is 0 Å². The second-order valence-electron chi connectivity index (χ2n) is 13.3. The van der Waals surface area contributed by atoms with Gasteiger partial charge in [0.15, 0.2) is 23.0 Å². The smallest absolute Gasteiger partial charge is 0.229 e. The van der Waals surface area contributed by atoms with Gasteiger partial charge in [-0.3, -0.25) is 0 Å². The molecule has 0 atom stereocenters. The van der Waals surface area contributed by atoms with Crippen LogP contribution in [0.15, 0.2) is 60.9 Å². The van der Waals surface area contributed by atoms with Crippen molar-refractivity contribution in [2.24, 2.45) is 11.8 Å². The summed E-state index contributed by atoms with van der Waals surface area (Å²) in [6, 6.07) is 14.9. The van der Waals surface area contributed by atoms with Crippen molar-refractivity contribution in [2.75, 3.05) is 102 Å². The number of benzene rings is 2. The summed E-state index contributed by atoms with van der Waals surface area (Å²) in [6.07, 6.45) is 10.8. The molecule has 2 saturated carbocycles. The number of alkyl halides is 1. The number of nitrogens with zero attached hydrogens (tertiary/aromatic N) is 5. The fourth-order valence-corrected chi connectivity index (χ4v) is 5.41. The van der Waals surface area contributed by atoms with Crippen LogP contribution in [0.1, 0.15) is 38.5 Å². The van der Waals surface area contributed by atoms with Crippen LogP contribution < -0.4 is 45.5 Å². The summed E-state index contributed by atoms with van der Waals surface area (Å²) in [7, 11) is 11.1. The quantitative estimate of drug-likeness (QED) is 0.0413. The van der Waals surface area contributed by atoms with E-state index in [1.165, 1.54) is 38.8 Å². The molecule has 5 N–H and O–H groups in total. The predicted molar refractivity (Wildman–Crippen MR) is 231 cm³/mol. The molecule has 0 bridgehead atoms. The molecule has 0 saturated heterocycles. The molecule has 6 rings (SSSR count). The van der Waals surface area contributed by atoms with Gasteiger partial charge in [-0.2, -0.15) is 9.97 Å². The molecule has 2 aliphatic carbocycles. The molecule has 4 aromatic rings. The van der Waals surface area contributed by atoms with Gasteiger partial charge in [-0.15, -0.1) is 24.0 Å². The van der Waals surface area contributed by atoms with Crippen molar-refractivity contribution in [2.45, 2.75) is 38.5 Å². The normalized spacial score (nSPS) is 12.8. The minimum absolute atomic E-state index is 0. The summed E-state index contributed by atoms with van der Waals surface area (Å²) < 4.78 is 22.4. The fraction of sp³-hybridized carbons (Fsp3) is 0.500. The SMILES string of the molecule is CNCC1CC1.CNc1ccnc(Nc2ccc(OC)c(OCCCCl)c2)n1.CNc1ccnc(Nc2ccc(OC)c(OCCCN(C)CC3CC3)c2)n1.Cl. The summed E-state index contributed by atoms with van der Waals surface area (Å²) in [5, 5.41) is 15.4. The maximum absolute atomic E-state index is 5.98. The molecule has 2 aromatic carbocycles. The highest BCUT2D eigenvalue weighted by atomic mass is 35.5. The minimum Gasteiger partial charge on any atom is -0.493 e. The Morgan fingerprint density at radius 3 is 1.61 bits per heavy atom. The fourth-order valence-electron chi connectivity index (χ4n) is 5.31. The molecule has 0 unspecified atom stereocenters. The van der Waals surface area contributed by atoms with E-state index in [0.29, 0.717) is 42.5 Å². The molecule has 2 fully saturated rings. The predicted octanol–water partition coefficient (Wildman–Crippen LogP) is 7.70. The first-order chi connectivity index (χ1) is 26.9. The molecular weight excluding hydrogens is 755 g/mol. The van der Waals surface area contributed by atoms with Gasteiger partial charge in [0, 0.05) is 69.0 Å². The average molecular weight is 816 g/mol. The van der Waals surface area contributed by atoms with Crippen LogP contribution in [-0.2, 0) is 0 Å². The van der Waals surface area contributed by atoms with Crippen molar-refractivity contribution in [1.29, 1.82) is 0 Å². The monoisotopic (exact) mass is 814 g/mol. The van der Waals surface area contributed by atoms with E-state index in [2.05, 4.69) is 58.5 Å². The van der Waals surface area contributed by atoms with Crippen LogP contribution in [0.4, 0.5) is 34.9 Å². The van der Waals surface area contributed by atoms with Gasteiger partial charge < -0.3 is 50.4 Å². The van der Waals surface area contributed by atoms with Gasteiger partial charge in [0.05, 0.1) is 27.4 Å². The van der Waals surface area contributed by atoms with E-state index in [1.54, 1.807) is 32.7 Å². The third kappa shape index (κ3) is 17.1. The number of anilines is 6. The van der Waals surface area contributed by atoms with Gasteiger partial charge in [-0.1, -0.05) is 0 Å². The number of aromatic nitrogens is 4. The van der Waals surface area contributed by atoms with Gasteiger partial charge in [-0.25, -0.2) is 9.97 Å². The second kappa shape index (κ2) is 25.6. The minimum atomic E-state index is 0. The highest BCUT2D eigenvalue weighted by molar-refractivity contribution is 6.17. The molecule has 0 amide bonds. The number of rotatable bonds is 21. The lowest BCUT2D eigenvalue weighted by Crippen LogP contribution is -2.23. The Morgan fingerprint density at radius 1 is 0.696 bits per heavy atom. The second-order valence-corrected chi connectivity index (χ2v) is 13.7. The zero-order chi connectivity index (χ0) is 39.3. The van der Waals surface area contributed by atoms with Crippen LogP contribution >= 0.6 is 24.0 Å². The summed E-state index contributed by atoms with van der Waals surface area (Å²) in [5.74, 6) is 7.81. The van der Waals surface area contributed by atoms with E-state index >= 15 is 0 Å². The summed E-state index contributed by atoms with van der Waals surface area (Å²) in [5.41, 5.74) is 1.67. The third-order valence-corrected chi connectivity index (χ3v) is 8.86. The third-order valence-electron chi connectivity index (χ3n) is 8.60. The number of hydrogen-bond donors (Lipinski definition) is 5.